The highest BCUT2D eigenvalue weighted by atomic mass is 32.2. The van der Waals surface area contributed by atoms with Crippen molar-refractivity contribution < 1.29 is 9.53 Å². The standard InChI is InChI=1S/C12H20N4O2S2/c1-12(2,3)13-10-14-15-11(20-10)19-8-9(17)16-4-6-18-7-5-16/h4-8H2,1-3H3,(H,13,14). The highest BCUT2D eigenvalue weighted by molar-refractivity contribution is 8.01. The number of carbonyl (C=O) groups is 1. The predicted molar refractivity (Wildman–Crippen MR) is 81.4 cm³/mol. The van der Waals surface area contributed by atoms with Gasteiger partial charge in [0.25, 0.3) is 0 Å². The third-order valence-electron chi connectivity index (χ3n) is 2.57. The highest BCUT2D eigenvalue weighted by Gasteiger charge is 2.18. The first kappa shape index (κ1) is 15.5. The van der Waals surface area contributed by atoms with E-state index in [9.17, 15) is 4.79 Å². The highest BCUT2D eigenvalue weighted by Crippen LogP contribution is 2.27. The fourth-order valence-corrected chi connectivity index (χ4v) is 3.53. The van der Waals surface area contributed by atoms with E-state index < -0.39 is 0 Å². The summed E-state index contributed by atoms with van der Waals surface area (Å²) in [5.74, 6) is 0.545. The number of ether oxygens (including phenoxy) is 1. The minimum atomic E-state index is -0.0366. The number of hydrogen-bond acceptors (Lipinski definition) is 7. The van der Waals surface area contributed by atoms with Crippen molar-refractivity contribution >= 4 is 34.1 Å². The van der Waals surface area contributed by atoms with E-state index in [1.165, 1.54) is 23.1 Å². The largest absolute Gasteiger partial charge is 0.378 e. The molecule has 1 aromatic rings. The number of carbonyl (C=O) groups excluding carboxylic acids is 1. The normalized spacial score (nSPS) is 16.2. The number of morpholine rings is 1. The molecule has 112 valence electrons. The smallest absolute Gasteiger partial charge is 0.233 e. The van der Waals surface area contributed by atoms with Crippen LogP contribution in [0.15, 0.2) is 4.34 Å². The Hall–Kier alpha value is -0.860. The van der Waals surface area contributed by atoms with Crippen molar-refractivity contribution in [3.8, 4) is 0 Å². The van der Waals surface area contributed by atoms with Gasteiger partial charge in [-0.1, -0.05) is 23.1 Å². The summed E-state index contributed by atoms with van der Waals surface area (Å²) >= 11 is 2.92. The van der Waals surface area contributed by atoms with Gasteiger partial charge in [0.2, 0.25) is 11.0 Å². The van der Waals surface area contributed by atoms with Gasteiger partial charge in [-0.25, -0.2) is 0 Å². The molecular weight excluding hydrogens is 296 g/mol. The average molecular weight is 316 g/mol. The predicted octanol–water partition coefficient (Wildman–Crippen LogP) is 1.70. The third-order valence-corrected chi connectivity index (χ3v) is 4.53. The number of hydrogen-bond donors (Lipinski definition) is 1. The molecule has 2 heterocycles. The average Bonchev–Trinajstić information content (AvgIpc) is 2.82. The fraction of sp³-hybridized carbons (Fsp3) is 0.750. The number of thioether (sulfide) groups is 1. The van der Waals surface area contributed by atoms with E-state index in [1.807, 2.05) is 4.90 Å². The number of anilines is 1. The second-order valence-corrected chi connectivity index (χ2v) is 7.73. The van der Waals surface area contributed by atoms with Crippen molar-refractivity contribution in [1.82, 2.24) is 15.1 Å². The molecule has 0 aliphatic carbocycles. The van der Waals surface area contributed by atoms with Crippen LogP contribution in [0.3, 0.4) is 0 Å². The molecule has 2 rings (SSSR count). The van der Waals surface area contributed by atoms with E-state index >= 15 is 0 Å². The molecule has 0 spiro atoms. The minimum Gasteiger partial charge on any atom is -0.378 e. The van der Waals surface area contributed by atoms with E-state index in [0.29, 0.717) is 32.1 Å². The molecule has 8 heteroatoms. The van der Waals surface area contributed by atoms with Gasteiger partial charge in [0.15, 0.2) is 4.34 Å². The van der Waals surface area contributed by atoms with Crippen LogP contribution in [0, 0.1) is 0 Å². The molecule has 1 saturated heterocycles. The SMILES string of the molecule is CC(C)(C)Nc1nnc(SCC(=O)N2CCOCC2)s1. The summed E-state index contributed by atoms with van der Waals surface area (Å²) in [6, 6.07) is 0. The van der Waals surface area contributed by atoms with E-state index in [2.05, 4.69) is 36.3 Å². The summed E-state index contributed by atoms with van der Waals surface area (Å²) in [5, 5.41) is 12.2. The summed E-state index contributed by atoms with van der Waals surface area (Å²) < 4.78 is 6.05. The van der Waals surface area contributed by atoms with Crippen LogP contribution in [0.2, 0.25) is 0 Å². The number of aromatic nitrogens is 2. The van der Waals surface area contributed by atoms with Crippen LogP contribution in [-0.2, 0) is 9.53 Å². The zero-order valence-corrected chi connectivity index (χ0v) is 13.6. The zero-order chi connectivity index (χ0) is 14.6. The lowest BCUT2D eigenvalue weighted by Gasteiger charge is -2.26. The number of nitrogens with zero attached hydrogens (tertiary/aromatic N) is 3. The Morgan fingerprint density at radius 2 is 2.10 bits per heavy atom. The van der Waals surface area contributed by atoms with Crippen LogP contribution >= 0.6 is 23.1 Å². The molecule has 1 aliphatic heterocycles. The summed E-state index contributed by atoms with van der Waals surface area (Å²) in [6.07, 6.45) is 0. The maximum Gasteiger partial charge on any atom is 0.233 e. The first-order valence-electron chi connectivity index (χ1n) is 6.54. The summed E-state index contributed by atoms with van der Waals surface area (Å²) in [5.41, 5.74) is -0.0366. The molecular formula is C12H20N4O2S2. The lowest BCUT2D eigenvalue weighted by atomic mass is 10.1. The van der Waals surface area contributed by atoms with E-state index in [0.717, 1.165) is 9.47 Å². The first-order valence-corrected chi connectivity index (χ1v) is 8.34. The van der Waals surface area contributed by atoms with Gasteiger partial charge in [-0.2, -0.15) is 0 Å². The van der Waals surface area contributed by atoms with Gasteiger partial charge in [0, 0.05) is 18.6 Å². The third kappa shape index (κ3) is 4.92. The second-order valence-electron chi connectivity index (χ2n) is 5.53. The van der Waals surface area contributed by atoms with Gasteiger partial charge in [0.1, 0.15) is 0 Å². The zero-order valence-electron chi connectivity index (χ0n) is 12.0. The second kappa shape index (κ2) is 6.73. The molecule has 1 amide bonds. The van der Waals surface area contributed by atoms with Gasteiger partial charge in [-0.3, -0.25) is 4.79 Å². The van der Waals surface area contributed by atoms with Crippen LogP contribution in [-0.4, -0.2) is 58.6 Å². The first-order chi connectivity index (χ1) is 9.44. The number of nitrogens with one attached hydrogen (secondary N) is 1. The van der Waals surface area contributed by atoms with E-state index in [-0.39, 0.29) is 11.4 Å². The van der Waals surface area contributed by atoms with Crippen LogP contribution in [0.1, 0.15) is 20.8 Å². The Bertz CT molecular complexity index is 453. The van der Waals surface area contributed by atoms with Crippen LogP contribution < -0.4 is 5.32 Å². The van der Waals surface area contributed by atoms with E-state index in [1.54, 1.807) is 0 Å². The molecule has 6 nitrogen and oxygen atoms in total. The summed E-state index contributed by atoms with van der Waals surface area (Å²) in [4.78, 5) is 13.8. The Morgan fingerprint density at radius 3 is 2.75 bits per heavy atom. The van der Waals surface area contributed by atoms with Crippen molar-refractivity contribution in [2.24, 2.45) is 0 Å². The van der Waals surface area contributed by atoms with Crippen molar-refractivity contribution in [2.45, 2.75) is 30.6 Å². The molecule has 0 aromatic carbocycles. The van der Waals surface area contributed by atoms with E-state index in [4.69, 9.17) is 4.74 Å². The van der Waals surface area contributed by atoms with Crippen LogP contribution in [0.4, 0.5) is 5.13 Å². The molecule has 1 fully saturated rings. The maximum absolute atomic E-state index is 12.0. The minimum absolute atomic E-state index is 0.0366. The molecule has 1 aliphatic rings. The summed E-state index contributed by atoms with van der Waals surface area (Å²) in [7, 11) is 0. The van der Waals surface area contributed by atoms with Crippen LogP contribution in [0.5, 0.6) is 0 Å². The molecule has 0 unspecified atom stereocenters. The van der Waals surface area contributed by atoms with Gasteiger partial charge in [-0.05, 0) is 20.8 Å². The Kier molecular flexibility index (Phi) is 5.22. The topological polar surface area (TPSA) is 67.4 Å². The molecule has 1 aromatic heterocycles. The molecule has 0 saturated carbocycles. The van der Waals surface area contributed by atoms with Crippen LogP contribution in [0.25, 0.3) is 0 Å². The number of amides is 1. The Labute approximate surface area is 127 Å². The van der Waals surface area contributed by atoms with Gasteiger partial charge in [0.05, 0.1) is 19.0 Å². The van der Waals surface area contributed by atoms with Crippen molar-refractivity contribution in [2.75, 3.05) is 37.4 Å². The quantitative estimate of drug-likeness (QED) is 0.853. The monoisotopic (exact) mass is 316 g/mol. The van der Waals surface area contributed by atoms with Crippen molar-refractivity contribution in [3.63, 3.8) is 0 Å². The summed E-state index contributed by atoms with van der Waals surface area (Å²) in [6.45, 7) is 8.86. The fourth-order valence-electron chi connectivity index (χ4n) is 1.67. The molecule has 0 radical (unpaired) electrons. The Morgan fingerprint density at radius 1 is 1.40 bits per heavy atom. The molecule has 20 heavy (non-hydrogen) atoms. The lowest BCUT2D eigenvalue weighted by Crippen LogP contribution is -2.41. The molecule has 0 atom stereocenters. The van der Waals surface area contributed by atoms with Crippen molar-refractivity contribution in [3.05, 3.63) is 0 Å². The van der Waals surface area contributed by atoms with Gasteiger partial charge in [-0.15, -0.1) is 10.2 Å². The number of rotatable bonds is 4. The van der Waals surface area contributed by atoms with Gasteiger partial charge >= 0.3 is 0 Å². The van der Waals surface area contributed by atoms with Gasteiger partial charge < -0.3 is 15.0 Å². The molecule has 1 N–H and O–H groups in total. The van der Waals surface area contributed by atoms with Crippen molar-refractivity contribution in [1.29, 1.82) is 0 Å². The Balaban J connectivity index is 1.80. The maximum atomic E-state index is 12.0. The molecule has 0 bridgehead atoms. The lowest BCUT2D eigenvalue weighted by molar-refractivity contribution is -0.132.